The fourth-order valence-corrected chi connectivity index (χ4v) is 2.69. The summed E-state index contributed by atoms with van der Waals surface area (Å²) in [6.07, 6.45) is 1.49. The van der Waals surface area contributed by atoms with E-state index in [1.807, 2.05) is 30.3 Å². The topological polar surface area (TPSA) is 119 Å². The lowest BCUT2D eigenvalue weighted by atomic mass is 10.2. The van der Waals surface area contributed by atoms with Crippen molar-refractivity contribution in [3.63, 3.8) is 0 Å². The number of rotatable bonds is 8. The van der Waals surface area contributed by atoms with Gasteiger partial charge in [-0.2, -0.15) is 0 Å². The molecule has 9 nitrogen and oxygen atoms in total. The molecule has 0 unspecified atom stereocenters. The highest BCUT2D eigenvalue weighted by Crippen LogP contribution is 2.27. The number of nitrogens with two attached hydrogens (primary N) is 1. The second-order valence-electron chi connectivity index (χ2n) is 6.27. The molecular weight excluding hydrogens is 352 g/mol. The molecule has 2 N–H and O–H groups in total. The summed E-state index contributed by atoms with van der Waals surface area (Å²) in [6, 6.07) is 9.61. The molecule has 1 aliphatic rings. The zero-order valence-corrected chi connectivity index (χ0v) is 15.0. The predicted molar refractivity (Wildman–Crippen MR) is 93.3 cm³/mol. The van der Waals surface area contributed by atoms with Crippen molar-refractivity contribution < 1.29 is 23.8 Å². The van der Waals surface area contributed by atoms with Crippen molar-refractivity contribution in [2.75, 3.05) is 6.61 Å². The van der Waals surface area contributed by atoms with Crippen LogP contribution in [0.25, 0.3) is 0 Å². The number of carbonyl (C=O) groups is 2. The van der Waals surface area contributed by atoms with Crippen LogP contribution >= 0.6 is 0 Å². The fraction of sp³-hybridized carbons (Fsp3) is 0.444. The minimum atomic E-state index is -0.693. The lowest BCUT2D eigenvalue weighted by Crippen LogP contribution is -2.27. The molecule has 0 aliphatic carbocycles. The maximum absolute atomic E-state index is 12.1. The van der Waals surface area contributed by atoms with Crippen LogP contribution in [0.5, 0.6) is 0 Å². The Labute approximate surface area is 156 Å². The van der Waals surface area contributed by atoms with Crippen molar-refractivity contribution in [2.24, 2.45) is 5.73 Å². The molecule has 144 valence electrons. The second-order valence-corrected chi connectivity index (χ2v) is 6.27. The van der Waals surface area contributed by atoms with Crippen LogP contribution in [0.4, 0.5) is 0 Å². The summed E-state index contributed by atoms with van der Waals surface area (Å²) in [7, 11) is 0. The first-order valence-electron chi connectivity index (χ1n) is 8.71. The molecule has 1 amide bonds. The SMILES string of the molecule is C[C@H](OCc1ccccc1)C(=O)OC[C@@H]1CC[C@H](n2cnc(C(N)=O)n2)O1. The van der Waals surface area contributed by atoms with Gasteiger partial charge < -0.3 is 19.9 Å². The maximum Gasteiger partial charge on any atom is 0.335 e. The smallest absolute Gasteiger partial charge is 0.335 e. The van der Waals surface area contributed by atoms with Gasteiger partial charge in [-0.15, -0.1) is 5.10 Å². The first-order valence-corrected chi connectivity index (χ1v) is 8.71. The van der Waals surface area contributed by atoms with Gasteiger partial charge in [-0.1, -0.05) is 30.3 Å². The van der Waals surface area contributed by atoms with Crippen LogP contribution in [0.1, 0.15) is 42.2 Å². The summed E-state index contributed by atoms with van der Waals surface area (Å²) in [5.74, 6) is -1.19. The molecule has 9 heteroatoms. The first-order chi connectivity index (χ1) is 13.0. The Morgan fingerprint density at radius 2 is 2.11 bits per heavy atom. The number of hydrogen-bond donors (Lipinski definition) is 1. The first kappa shape index (κ1) is 19.0. The summed E-state index contributed by atoms with van der Waals surface area (Å²) < 4.78 is 18.1. The van der Waals surface area contributed by atoms with Gasteiger partial charge in [-0.3, -0.25) is 4.79 Å². The lowest BCUT2D eigenvalue weighted by molar-refractivity contribution is -0.161. The Morgan fingerprint density at radius 3 is 2.81 bits per heavy atom. The monoisotopic (exact) mass is 374 g/mol. The van der Waals surface area contributed by atoms with E-state index >= 15 is 0 Å². The molecule has 1 fully saturated rings. The van der Waals surface area contributed by atoms with Crippen LogP contribution in [0.15, 0.2) is 36.7 Å². The van der Waals surface area contributed by atoms with E-state index in [-0.39, 0.29) is 24.8 Å². The van der Waals surface area contributed by atoms with Gasteiger partial charge in [0.1, 0.15) is 12.9 Å². The Hall–Kier alpha value is -2.78. The number of aromatic nitrogens is 3. The molecular formula is C18H22N4O5. The molecule has 3 atom stereocenters. The Kier molecular flexibility index (Phi) is 6.15. The normalized spacial score (nSPS) is 20.3. The van der Waals surface area contributed by atoms with Gasteiger partial charge in [-0.25, -0.2) is 14.5 Å². The molecule has 2 heterocycles. The molecule has 3 rings (SSSR count). The number of ether oxygens (including phenoxy) is 3. The van der Waals surface area contributed by atoms with Gasteiger partial charge in [-0.05, 0) is 25.3 Å². The van der Waals surface area contributed by atoms with Crippen molar-refractivity contribution in [3.8, 4) is 0 Å². The average Bonchev–Trinajstić information content (AvgIpc) is 3.34. The van der Waals surface area contributed by atoms with E-state index in [2.05, 4.69) is 10.1 Å². The molecule has 0 spiro atoms. The Bertz CT molecular complexity index is 779. The molecule has 1 aromatic heterocycles. The second kappa shape index (κ2) is 8.74. The number of amides is 1. The summed E-state index contributed by atoms with van der Waals surface area (Å²) in [5, 5.41) is 3.98. The van der Waals surface area contributed by atoms with Crippen LogP contribution in [-0.2, 0) is 25.6 Å². The van der Waals surface area contributed by atoms with Gasteiger partial charge in [0, 0.05) is 0 Å². The minimum Gasteiger partial charge on any atom is -0.461 e. The molecule has 0 radical (unpaired) electrons. The average molecular weight is 374 g/mol. The Balaban J connectivity index is 1.40. The predicted octanol–water partition coefficient (Wildman–Crippen LogP) is 1.20. The maximum atomic E-state index is 12.1. The van der Waals surface area contributed by atoms with E-state index in [4.69, 9.17) is 19.9 Å². The molecule has 2 aromatic rings. The summed E-state index contributed by atoms with van der Waals surface area (Å²) >= 11 is 0. The van der Waals surface area contributed by atoms with E-state index < -0.39 is 18.0 Å². The van der Waals surface area contributed by atoms with E-state index in [0.29, 0.717) is 19.4 Å². The highest BCUT2D eigenvalue weighted by atomic mass is 16.6. The van der Waals surface area contributed by atoms with Crippen LogP contribution in [0.3, 0.4) is 0 Å². The summed E-state index contributed by atoms with van der Waals surface area (Å²) in [4.78, 5) is 26.9. The number of hydrogen-bond acceptors (Lipinski definition) is 7. The Morgan fingerprint density at radius 1 is 1.33 bits per heavy atom. The van der Waals surface area contributed by atoms with Crippen LogP contribution in [0, 0.1) is 0 Å². The highest BCUT2D eigenvalue weighted by Gasteiger charge is 2.29. The zero-order valence-electron chi connectivity index (χ0n) is 15.0. The number of nitrogens with zero attached hydrogens (tertiary/aromatic N) is 3. The van der Waals surface area contributed by atoms with Gasteiger partial charge in [0.2, 0.25) is 5.82 Å². The fourth-order valence-electron chi connectivity index (χ4n) is 2.69. The van der Waals surface area contributed by atoms with Crippen molar-refractivity contribution in [3.05, 3.63) is 48.0 Å². The third-order valence-electron chi connectivity index (χ3n) is 4.20. The molecule has 0 bridgehead atoms. The standard InChI is InChI=1S/C18H22N4O5/c1-12(25-9-13-5-3-2-4-6-13)18(24)26-10-14-7-8-15(27-14)22-11-20-17(21-22)16(19)23/h2-6,11-12,14-15H,7-10H2,1H3,(H2,19,23)/t12-,14-,15+/m0/s1. The quantitative estimate of drug-likeness (QED) is 0.690. The van der Waals surface area contributed by atoms with Crippen molar-refractivity contribution in [1.82, 2.24) is 14.8 Å². The lowest BCUT2D eigenvalue weighted by Gasteiger charge is -2.16. The number of esters is 1. The van der Waals surface area contributed by atoms with E-state index in [1.54, 1.807) is 6.92 Å². The number of carbonyl (C=O) groups excluding carboxylic acids is 2. The van der Waals surface area contributed by atoms with E-state index in [1.165, 1.54) is 11.0 Å². The number of benzene rings is 1. The van der Waals surface area contributed by atoms with Gasteiger partial charge >= 0.3 is 5.97 Å². The van der Waals surface area contributed by atoms with Crippen LogP contribution < -0.4 is 5.73 Å². The van der Waals surface area contributed by atoms with Gasteiger partial charge in [0.25, 0.3) is 5.91 Å². The van der Waals surface area contributed by atoms with Crippen molar-refractivity contribution in [1.29, 1.82) is 0 Å². The minimum absolute atomic E-state index is 0.0575. The summed E-state index contributed by atoms with van der Waals surface area (Å²) in [5.41, 5.74) is 6.12. The third kappa shape index (κ3) is 5.11. The summed E-state index contributed by atoms with van der Waals surface area (Å²) in [6.45, 7) is 2.13. The van der Waals surface area contributed by atoms with Crippen LogP contribution in [-0.4, -0.2) is 45.5 Å². The van der Waals surface area contributed by atoms with E-state index in [0.717, 1.165) is 5.56 Å². The van der Waals surface area contributed by atoms with Crippen molar-refractivity contribution >= 4 is 11.9 Å². The van der Waals surface area contributed by atoms with Crippen molar-refractivity contribution in [2.45, 2.75) is 44.8 Å². The number of primary amides is 1. The largest absolute Gasteiger partial charge is 0.461 e. The molecule has 1 saturated heterocycles. The molecule has 0 saturated carbocycles. The van der Waals surface area contributed by atoms with Gasteiger partial charge in [0.15, 0.2) is 12.3 Å². The highest BCUT2D eigenvalue weighted by molar-refractivity contribution is 5.88. The molecule has 1 aliphatic heterocycles. The molecule has 1 aromatic carbocycles. The zero-order chi connectivity index (χ0) is 19.2. The third-order valence-corrected chi connectivity index (χ3v) is 4.20. The van der Waals surface area contributed by atoms with Crippen LogP contribution in [0.2, 0.25) is 0 Å². The van der Waals surface area contributed by atoms with E-state index in [9.17, 15) is 9.59 Å². The molecule has 27 heavy (non-hydrogen) atoms. The van der Waals surface area contributed by atoms with Gasteiger partial charge in [0.05, 0.1) is 12.7 Å².